The van der Waals surface area contributed by atoms with Crippen molar-refractivity contribution in [3.05, 3.63) is 57.2 Å². The van der Waals surface area contributed by atoms with Crippen molar-refractivity contribution in [3.8, 4) is 0 Å². The van der Waals surface area contributed by atoms with Crippen LogP contribution in [0.15, 0.2) is 36.5 Å². The van der Waals surface area contributed by atoms with E-state index in [-0.39, 0.29) is 18.1 Å². The highest BCUT2D eigenvalue weighted by atomic mass is 127. The number of rotatable bonds is 3. The monoisotopic (exact) mass is 370 g/mol. The Morgan fingerprint density at radius 3 is 2.79 bits per heavy atom. The summed E-state index contributed by atoms with van der Waals surface area (Å²) in [5, 5.41) is 2.76. The number of aryl methyl sites for hydroxylation is 1. The van der Waals surface area contributed by atoms with Gasteiger partial charge in [0.05, 0.1) is 12.1 Å². The minimum Gasteiger partial charge on any atom is -0.325 e. The predicted octanol–water partition coefficient (Wildman–Crippen LogP) is 3.31. The van der Waals surface area contributed by atoms with Crippen LogP contribution in [0.5, 0.6) is 0 Å². The highest BCUT2D eigenvalue weighted by molar-refractivity contribution is 14.1. The average molecular weight is 370 g/mol. The number of anilines is 1. The number of hydrogen-bond acceptors (Lipinski definition) is 2. The van der Waals surface area contributed by atoms with Crippen molar-refractivity contribution >= 4 is 34.2 Å². The van der Waals surface area contributed by atoms with Crippen LogP contribution in [-0.2, 0) is 11.2 Å². The molecule has 2 rings (SSSR count). The van der Waals surface area contributed by atoms with Gasteiger partial charge >= 0.3 is 0 Å². The normalized spacial score (nSPS) is 10.3. The lowest BCUT2D eigenvalue weighted by molar-refractivity contribution is -0.115. The lowest BCUT2D eigenvalue weighted by Gasteiger charge is -2.07. The fourth-order valence-corrected chi connectivity index (χ4v) is 2.19. The lowest BCUT2D eigenvalue weighted by atomic mass is 10.2. The Labute approximate surface area is 124 Å². The standard InChI is InChI=1S/C14H12FIN2O/c1-9-2-3-10(8-17-9)6-14(19)18-13-5-4-11(15)7-12(13)16/h2-5,7-8H,6H2,1H3,(H,18,19). The SMILES string of the molecule is Cc1ccc(CC(=O)Nc2ccc(F)cc2I)cn1. The lowest BCUT2D eigenvalue weighted by Crippen LogP contribution is -2.15. The van der Waals surface area contributed by atoms with Crippen molar-refractivity contribution in [2.45, 2.75) is 13.3 Å². The summed E-state index contributed by atoms with van der Waals surface area (Å²) < 4.78 is 13.6. The Morgan fingerprint density at radius 2 is 2.16 bits per heavy atom. The Kier molecular flexibility index (Phi) is 4.47. The molecule has 0 atom stereocenters. The first kappa shape index (κ1) is 13.9. The maximum atomic E-state index is 12.9. The number of benzene rings is 1. The highest BCUT2D eigenvalue weighted by Gasteiger charge is 2.07. The zero-order chi connectivity index (χ0) is 13.8. The molecule has 0 bridgehead atoms. The molecule has 3 nitrogen and oxygen atoms in total. The van der Waals surface area contributed by atoms with Crippen LogP contribution < -0.4 is 5.32 Å². The van der Waals surface area contributed by atoms with Gasteiger partial charge in [0.1, 0.15) is 5.82 Å². The second-order valence-electron chi connectivity index (χ2n) is 4.16. The number of carbonyl (C=O) groups is 1. The van der Waals surface area contributed by atoms with Crippen LogP contribution >= 0.6 is 22.6 Å². The molecule has 0 spiro atoms. The Hall–Kier alpha value is -1.50. The minimum atomic E-state index is -0.315. The first-order valence-corrected chi connectivity index (χ1v) is 6.79. The van der Waals surface area contributed by atoms with Gasteiger partial charge in [-0.1, -0.05) is 6.07 Å². The Morgan fingerprint density at radius 1 is 1.37 bits per heavy atom. The largest absolute Gasteiger partial charge is 0.325 e. The van der Waals surface area contributed by atoms with E-state index in [4.69, 9.17) is 0 Å². The van der Waals surface area contributed by atoms with E-state index in [1.807, 2.05) is 41.6 Å². The van der Waals surface area contributed by atoms with E-state index in [2.05, 4.69) is 10.3 Å². The molecule has 0 unspecified atom stereocenters. The summed E-state index contributed by atoms with van der Waals surface area (Å²) in [7, 11) is 0. The van der Waals surface area contributed by atoms with E-state index in [1.165, 1.54) is 12.1 Å². The second kappa shape index (κ2) is 6.10. The molecule has 0 fully saturated rings. The zero-order valence-electron chi connectivity index (χ0n) is 10.3. The van der Waals surface area contributed by atoms with Crippen LogP contribution in [0.25, 0.3) is 0 Å². The zero-order valence-corrected chi connectivity index (χ0v) is 12.4. The summed E-state index contributed by atoms with van der Waals surface area (Å²) >= 11 is 1.99. The molecule has 1 aromatic heterocycles. The first-order valence-electron chi connectivity index (χ1n) is 5.71. The number of hydrogen-bond donors (Lipinski definition) is 1. The molecule has 0 saturated heterocycles. The summed E-state index contributed by atoms with van der Waals surface area (Å²) in [5.41, 5.74) is 2.38. The smallest absolute Gasteiger partial charge is 0.228 e. The van der Waals surface area contributed by atoms with Gasteiger partial charge in [-0.25, -0.2) is 4.39 Å². The van der Waals surface area contributed by atoms with Crippen molar-refractivity contribution in [1.82, 2.24) is 4.98 Å². The van der Waals surface area contributed by atoms with Gasteiger partial charge in [0, 0.05) is 15.5 Å². The van der Waals surface area contributed by atoms with Gasteiger partial charge in [-0.15, -0.1) is 0 Å². The van der Waals surface area contributed by atoms with E-state index in [0.29, 0.717) is 9.26 Å². The molecule has 0 aliphatic rings. The molecule has 0 aliphatic heterocycles. The molecule has 1 N–H and O–H groups in total. The van der Waals surface area contributed by atoms with Crippen molar-refractivity contribution in [3.63, 3.8) is 0 Å². The van der Waals surface area contributed by atoms with Gasteiger partial charge in [0.25, 0.3) is 0 Å². The van der Waals surface area contributed by atoms with E-state index in [9.17, 15) is 9.18 Å². The average Bonchev–Trinajstić information content (AvgIpc) is 2.36. The summed E-state index contributed by atoms with van der Waals surface area (Å²) in [6.45, 7) is 1.89. The number of halogens is 2. The third kappa shape index (κ3) is 3.99. The molecule has 0 aliphatic carbocycles. The number of nitrogens with zero attached hydrogens (tertiary/aromatic N) is 1. The van der Waals surface area contributed by atoms with E-state index in [1.54, 1.807) is 12.3 Å². The van der Waals surface area contributed by atoms with Crippen molar-refractivity contribution in [2.75, 3.05) is 5.32 Å². The summed E-state index contributed by atoms with van der Waals surface area (Å²) in [4.78, 5) is 16.0. The Balaban J connectivity index is 2.03. The first-order chi connectivity index (χ1) is 9.04. The summed E-state index contributed by atoms with van der Waals surface area (Å²) in [6.07, 6.45) is 1.94. The molecule has 0 saturated carbocycles. The van der Waals surface area contributed by atoms with Crippen LogP contribution in [-0.4, -0.2) is 10.9 Å². The van der Waals surface area contributed by atoms with Gasteiger partial charge in [-0.05, 0) is 59.3 Å². The van der Waals surface area contributed by atoms with Gasteiger partial charge < -0.3 is 5.32 Å². The van der Waals surface area contributed by atoms with Gasteiger partial charge in [0.2, 0.25) is 5.91 Å². The van der Waals surface area contributed by atoms with Gasteiger partial charge in [-0.2, -0.15) is 0 Å². The van der Waals surface area contributed by atoms with Crippen molar-refractivity contribution in [1.29, 1.82) is 0 Å². The minimum absolute atomic E-state index is 0.143. The van der Waals surface area contributed by atoms with Crippen molar-refractivity contribution in [2.24, 2.45) is 0 Å². The molecule has 5 heteroatoms. The quantitative estimate of drug-likeness (QED) is 0.843. The molecule has 1 amide bonds. The number of aromatic nitrogens is 1. The molecule has 1 heterocycles. The van der Waals surface area contributed by atoms with Crippen LogP contribution in [0.2, 0.25) is 0 Å². The summed E-state index contributed by atoms with van der Waals surface area (Å²) in [6, 6.07) is 8.00. The van der Waals surface area contributed by atoms with Crippen LogP contribution in [0.1, 0.15) is 11.3 Å². The van der Waals surface area contributed by atoms with Gasteiger partial charge in [-0.3, -0.25) is 9.78 Å². The second-order valence-corrected chi connectivity index (χ2v) is 5.32. The maximum absolute atomic E-state index is 12.9. The van der Waals surface area contributed by atoms with Crippen LogP contribution in [0.3, 0.4) is 0 Å². The predicted molar refractivity (Wildman–Crippen MR) is 80.4 cm³/mol. The number of carbonyl (C=O) groups excluding carboxylic acids is 1. The van der Waals surface area contributed by atoms with E-state index < -0.39 is 0 Å². The number of nitrogens with one attached hydrogen (secondary N) is 1. The summed E-state index contributed by atoms with van der Waals surface area (Å²) in [5.74, 6) is -0.458. The third-order valence-electron chi connectivity index (χ3n) is 2.54. The molecular formula is C14H12FIN2O. The molecule has 19 heavy (non-hydrogen) atoms. The highest BCUT2D eigenvalue weighted by Crippen LogP contribution is 2.19. The van der Waals surface area contributed by atoms with E-state index >= 15 is 0 Å². The van der Waals surface area contributed by atoms with Gasteiger partial charge in [0.15, 0.2) is 0 Å². The number of amides is 1. The Bertz CT molecular complexity index is 599. The molecular weight excluding hydrogens is 358 g/mol. The van der Waals surface area contributed by atoms with Crippen molar-refractivity contribution < 1.29 is 9.18 Å². The third-order valence-corrected chi connectivity index (χ3v) is 3.44. The molecule has 0 radical (unpaired) electrons. The number of pyridine rings is 1. The fraction of sp³-hybridized carbons (Fsp3) is 0.143. The van der Waals surface area contributed by atoms with Crippen LogP contribution in [0.4, 0.5) is 10.1 Å². The fourth-order valence-electron chi connectivity index (χ4n) is 1.57. The van der Waals surface area contributed by atoms with Crippen LogP contribution in [0, 0.1) is 16.3 Å². The maximum Gasteiger partial charge on any atom is 0.228 e. The molecule has 98 valence electrons. The molecule has 2 aromatic rings. The van der Waals surface area contributed by atoms with E-state index in [0.717, 1.165) is 11.3 Å². The molecule has 1 aromatic carbocycles. The topological polar surface area (TPSA) is 42.0 Å².